The summed E-state index contributed by atoms with van der Waals surface area (Å²) >= 11 is 0. The quantitative estimate of drug-likeness (QED) is 0.866. The molecular formula is C16H18O3. The molecule has 0 bridgehead atoms. The van der Waals surface area contributed by atoms with Crippen molar-refractivity contribution in [3.05, 3.63) is 65.7 Å². The molecule has 0 amide bonds. The van der Waals surface area contributed by atoms with E-state index in [1.165, 1.54) is 0 Å². The van der Waals surface area contributed by atoms with Crippen LogP contribution in [0.25, 0.3) is 0 Å². The van der Waals surface area contributed by atoms with Gasteiger partial charge in [0.1, 0.15) is 11.9 Å². The smallest absolute Gasteiger partial charge is 0.152 e. The highest BCUT2D eigenvalue weighted by Gasteiger charge is 2.22. The van der Waals surface area contributed by atoms with Crippen LogP contribution in [0.1, 0.15) is 17.2 Å². The number of rotatable bonds is 5. The Balaban J connectivity index is 2.21. The number of aryl methyl sites for hydroxylation is 1. The molecule has 0 aromatic heterocycles. The van der Waals surface area contributed by atoms with E-state index in [-0.39, 0.29) is 6.61 Å². The standard InChI is InChI=1S/C16H18O3/c1-12-7-9-14(10-8-12)19-16(15(18)11-17)13-5-3-2-4-6-13/h2-10,15-18H,11H2,1H3/t15-,16+/m0/s1. The van der Waals surface area contributed by atoms with Crippen LogP contribution in [0.3, 0.4) is 0 Å². The molecule has 2 rings (SSSR count). The number of hydrogen-bond acceptors (Lipinski definition) is 3. The fraction of sp³-hybridized carbons (Fsp3) is 0.250. The Bertz CT molecular complexity index is 493. The summed E-state index contributed by atoms with van der Waals surface area (Å²) < 4.78 is 5.80. The van der Waals surface area contributed by atoms with Gasteiger partial charge in [-0.05, 0) is 24.6 Å². The van der Waals surface area contributed by atoms with Crippen molar-refractivity contribution in [3.8, 4) is 5.75 Å². The molecule has 2 aromatic carbocycles. The minimum absolute atomic E-state index is 0.342. The summed E-state index contributed by atoms with van der Waals surface area (Å²) in [5, 5.41) is 19.1. The SMILES string of the molecule is Cc1ccc(O[C@H](c2ccccc2)[C@@H](O)CO)cc1. The van der Waals surface area contributed by atoms with E-state index in [1.807, 2.05) is 61.5 Å². The van der Waals surface area contributed by atoms with Gasteiger partial charge < -0.3 is 14.9 Å². The third-order valence-corrected chi connectivity index (χ3v) is 2.95. The molecule has 100 valence electrons. The summed E-state index contributed by atoms with van der Waals surface area (Å²) in [6, 6.07) is 17.0. The second-order valence-corrected chi connectivity index (χ2v) is 4.51. The van der Waals surface area contributed by atoms with Crippen molar-refractivity contribution in [3.63, 3.8) is 0 Å². The van der Waals surface area contributed by atoms with Crippen molar-refractivity contribution in [2.24, 2.45) is 0 Å². The third kappa shape index (κ3) is 3.56. The molecule has 0 aliphatic rings. The Morgan fingerprint density at radius 2 is 1.63 bits per heavy atom. The van der Waals surface area contributed by atoms with Crippen molar-refractivity contribution < 1.29 is 14.9 Å². The van der Waals surface area contributed by atoms with Crippen LogP contribution in [0.5, 0.6) is 5.75 Å². The number of aliphatic hydroxyl groups excluding tert-OH is 2. The van der Waals surface area contributed by atoms with Gasteiger partial charge in [0.25, 0.3) is 0 Å². The van der Waals surface area contributed by atoms with Gasteiger partial charge >= 0.3 is 0 Å². The van der Waals surface area contributed by atoms with Crippen molar-refractivity contribution in [2.75, 3.05) is 6.61 Å². The number of aliphatic hydroxyl groups is 2. The molecule has 0 heterocycles. The fourth-order valence-corrected chi connectivity index (χ4v) is 1.87. The summed E-state index contributed by atoms with van der Waals surface area (Å²) in [4.78, 5) is 0. The van der Waals surface area contributed by atoms with Gasteiger partial charge in [-0.2, -0.15) is 0 Å². The molecular weight excluding hydrogens is 240 g/mol. The largest absolute Gasteiger partial charge is 0.483 e. The zero-order chi connectivity index (χ0) is 13.7. The summed E-state index contributed by atoms with van der Waals surface area (Å²) in [5.74, 6) is 0.673. The molecule has 0 aliphatic heterocycles. The maximum atomic E-state index is 9.91. The Hall–Kier alpha value is -1.84. The molecule has 0 unspecified atom stereocenters. The van der Waals surface area contributed by atoms with Gasteiger partial charge in [0.05, 0.1) is 6.61 Å². The maximum absolute atomic E-state index is 9.91. The first-order valence-corrected chi connectivity index (χ1v) is 6.28. The van der Waals surface area contributed by atoms with Crippen LogP contribution >= 0.6 is 0 Å². The monoisotopic (exact) mass is 258 g/mol. The van der Waals surface area contributed by atoms with Gasteiger partial charge in [0.15, 0.2) is 6.10 Å². The Kier molecular flexibility index (Phi) is 4.55. The summed E-state index contributed by atoms with van der Waals surface area (Å²) in [5.41, 5.74) is 1.98. The van der Waals surface area contributed by atoms with E-state index in [0.29, 0.717) is 5.75 Å². The number of ether oxygens (including phenoxy) is 1. The highest BCUT2D eigenvalue weighted by Crippen LogP contribution is 2.25. The van der Waals surface area contributed by atoms with Crippen molar-refractivity contribution in [1.29, 1.82) is 0 Å². The number of benzene rings is 2. The van der Waals surface area contributed by atoms with Crippen molar-refractivity contribution in [2.45, 2.75) is 19.1 Å². The second-order valence-electron chi connectivity index (χ2n) is 4.51. The normalized spacial score (nSPS) is 13.8. The second kappa shape index (κ2) is 6.36. The summed E-state index contributed by atoms with van der Waals surface area (Å²) in [7, 11) is 0. The minimum Gasteiger partial charge on any atom is -0.483 e. The molecule has 0 spiro atoms. The van der Waals surface area contributed by atoms with Crippen LogP contribution in [-0.2, 0) is 0 Å². The van der Waals surface area contributed by atoms with Gasteiger partial charge in [-0.3, -0.25) is 0 Å². The molecule has 0 saturated heterocycles. The van der Waals surface area contributed by atoms with Crippen LogP contribution in [0.4, 0.5) is 0 Å². The van der Waals surface area contributed by atoms with Crippen LogP contribution in [0.2, 0.25) is 0 Å². The lowest BCUT2D eigenvalue weighted by atomic mass is 10.0. The van der Waals surface area contributed by atoms with E-state index in [1.54, 1.807) is 0 Å². The maximum Gasteiger partial charge on any atom is 0.152 e. The van der Waals surface area contributed by atoms with E-state index >= 15 is 0 Å². The summed E-state index contributed by atoms with van der Waals surface area (Å²) in [6.45, 7) is 1.66. The van der Waals surface area contributed by atoms with E-state index in [4.69, 9.17) is 9.84 Å². The van der Waals surface area contributed by atoms with E-state index in [9.17, 15) is 5.11 Å². The van der Waals surface area contributed by atoms with Crippen LogP contribution in [-0.4, -0.2) is 22.9 Å². The van der Waals surface area contributed by atoms with Crippen molar-refractivity contribution in [1.82, 2.24) is 0 Å². The van der Waals surface area contributed by atoms with Gasteiger partial charge in [0, 0.05) is 0 Å². The molecule has 2 atom stereocenters. The molecule has 0 fully saturated rings. The van der Waals surface area contributed by atoms with Gasteiger partial charge in [-0.1, -0.05) is 48.0 Å². The molecule has 0 radical (unpaired) electrons. The van der Waals surface area contributed by atoms with Gasteiger partial charge in [0.2, 0.25) is 0 Å². The Labute approximate surface area is 113 Å². The Morgan fingerprint density at radius 1 is 1.00 bits per heavy atom. The van der Waals surface area contributed by atoms with Crippen LogP contribution in [0, 0.1) is 6.92 Å². The lowest BCUT2D eigenvalue weighted by Gasteiger charge is -2.23. The lowest BCUT2D eigenvalue weighted by Crippen LogP contribution is -2.27. The average Bonchev–Trinajstić information content (AvgIpc) is 2.47. The first-order valence-electron chi connectivity index (χ1n) is 6.28. The zero-order valence-corrected chi connectivity index (χ0v) is 10.9. The van der Waals surface area contributed by atoms with E-state index < -0.39 is 12.2 Å². The third-order valence-electron chi connectivity index (χ3n) is 2.95. The fourth-order valence-electron chi connectivity index (χ4n) is 1.87. The molecule has 0 saturated carbocycles. The molecule has 2 aromatic rings. The van der Waals surface area contributed by atoms with Crippen molar-refractivity contribution >= 4 is 0 Å². The van der Waals surface area contributed by atoms with E-state index in [2.05, 4.69) is 0 Å². The Morgan fingerprint density at radius 3 is 2.21 bits per heavy atom. The zero-order valence-electron chi connectivity index (χ0n) is 10.9. The first kappa shape index (κ1) is 13.6. The van der Waals surface area contributed by atoms with Crippen LogP contribution < -0.4 is 4.74 Å². The minimum atomic E-state index is -0.955. The lowest BCUT2D eigenvalue weighted by molar-refractivity contribution is -0.00190. The van der Waals surface area contributed by atoms with E-state index in [0.717, 1.165) is 11.1 Å². The van der Waals surface area contributed by atoms with Crippen LogP contribution in [0.15, 0.2) is 54.6 Å². The average molecular weight is 258 g/mol. The first-order chi connectivity index (χ1) is 9.20. The molecule has 2 N–H and O–H groups in total. The molecule has 3 heteroatoms. The molecule has 19 heavy (non-hydrogen) atoms. The topological polar surface area (TPSA) is 49.7 Å². The molecule has 0 aliphatic carbocycles. The van der Waals surface area contributed by atoms with Gasteiger partial charge in [-0.15, -0.1) is 0 Å². The van der Waals surface area contributed by atoms with Gasteiger partial charge in [-0.25, -0.2) is 0 Å². The predicted molar refractivity (Wildman–Crippen MR) is 74.1 cm³/mol. The number of hydrogen-bond donors (Lipinski definition) is 2. The highest BCUT2D eigenvalue weighted by molar-refractivity contribution is 5.28. The predicted octanol–water partition coefficient (Wildman–Crippen LogP) is 2.47. The summed E-state index contributed by atoms with van der Waals surface area (Å²) in [6.07, 6.45) is -1.53. The molecule has 3 nitrogen and oxygen atoms in total. The highest BCUT2D eigenvalue weighted by atomic mass is 16.5.